The zero-order valence-corrected chi connectivity index (χ0v) is 14.0. The Labute approximate surface area is 134 Å². The second-order valence-corrected chi connectivity index (χ2v) is 5.99. The molecule has 1 saturated heterocycles. The molecule has 1 fully saturated rings. The predicted molar refractivity (Wildman–Crippen MR) is 86.5 cm³/mol. The molecule has 6 heteroatoms. The van der Waals surface area contributed by atoms with Gasteiger partial charge in [-0.1, -0.05) is 0 Å². The van der Waals surface area contributed by atoms with E-state index in [0.29, 0.717) is 13.0 Å². The van der Waals surface area contributed by atoms with E-state index in [9.17, 15) is 4.79 Å². The molecule has 0 N–H and O–H groups in total. The van der Waals surface area contributed by atoms with E-state index in [0.717, 1.165) is 49.4 Å². The van der Waals surface area contributed by atoms with Crippen molar-refractivity contribution in [3.05, 3.63) is 22.8 Å². The van der Waals surface area contributed by atoms with Crippen molar-refractivity contribution < 1.29 is 9.53 Å². The average molecular weight is 356 g/mol. The first-order valence-corrected chi connectivity index (χ1v) is 8.23. The Hall–Kier alpha value is -1.14. The third-order valence-electron chi connectivity index (χ3n) is 3.57. The molecule has 0 unspecified atom stereocenters. The van der Waals surface area contributed by atoms with Crippen LogP contribution in [-0.2, 0) is 9.53 Å². The maximum absolute atomic E-state index is 11.3. The highest BCUT2D eigenvalue weighted by atomic mass is 79.9. The van der Waals surface area contributed by atoms with Gasteiger partial charge in [0.15, 0.2) is 0 Å². The van der Waals surface area contributed by atoms with Crippen LogP contribution >= 0.6 is 15.9 Å². The van der Waals surface area contributed by atoms with Crippen molar-refractivity contribution in [2.24, 2.45) is 0 Å². The number of carbonyl (C=O) groups excluding carboxylic acids is 1. The number of nitrogens with zero attached hydrogens (tertiary/aromatic N) is 3. The summed E-state index contributed by atoms with van der Waals surface area (Å²) in [6, 6.07) is 4.06. The molecule has 1 aliphatic rings. The van der Waals surface area contributed by atoms with E-state index in [2.05, 4.69) is 30.7 Å². The van der Waals surface area contributed by atoms with Crippen molar-refractivity contribution >= 4 is 27.7 Å². The topological polar surface area (TPSA) is 45.7 Å². The van der Waals surface area contributed by atoms with Gasteiger partial charge in [0.05, 0.1) is 6.61 Å². The van der Waals surface area contributed by atoms with Crippen LogP contribution in [0.25, 0.3) is 0 Å². The molecule has 1 aliphatic heterocycles. The van der Waals surface area contributed by atoms with Crippen LogP contribution in [0.5, 0.6) is 0 Å². The Morgan fingerprint density at radius 1 is 1.33 bits per heavy atom. The van der Waals surface area contributed by atoms with Crippen LogP contribution in [0.3, 0.4) is 0 Å². The Kier molecular flexibility index (Phi) is 6.45. The number of halogens is 1. The lowest BCUT2D eigenvalue weighted by Gasteiger charge is -2.35. The summed E-state index contributed by atoms with van der Waals surface area (Å²) in [5.41, 5.74) is 0. The van der Waals surface area contributed by atoms with Gasteiger partial charge in [0.2, 0.25) is 0 Å². The van der Waals surface area contributed by atoms with Gasteiger partial charge in [0.1, 0.15) is 5.82 Å². The highest BCUT2D eigenvalue weighted by molar-refractivity contribution is 9.10. The molecule has 2 heterocycles. The van der Waals surface area contributed by atoms with E-state index in [1.54, 1.807) is 0 Å². The summed E-state index contributed by atoms with van der Waals surface area (Å²) in [5, 5.41) is 0. The molecular formula is C15H22BrN3O2. The summed E-state index contributed by atoms with van der Waals surface area (Å²) in [6.45, 7) is 7.26. The van der Waals surface area contributed by atoms with Crippen LogP contribution in [0.2, 0.25) is 0 Å². The molecule has 21 heavy (non-hydrogen) atoms. The number of hydrogen-bond donors (Lipinski definition) is 0. The number of rotatable bonds is 6. The molecule has 0 bridgehead atoms. The summed E-state index contributed by atoms with van der Waals surface area (Å²) in [6.07, 6.45) is 3.22. The quantitative estimate of drug-likeness (QED) is 0.732. The number of esters is 1. The molecular weight excluding hydrogens is 334 g/mol. The van der Waals surface area contributed by atoms with E-state index in [-0.39, 0.29) is 5.97 Å². The molecule has 0 spiro atoms. The van der Waals surface area contributed by atoms with Crippen molar-refractivity contribution in [3.63, 3.8) is 0 Å². The van der Waals surface area contributed by atoms with Crippen LogP contribution in [0.15, 0.2) is 22.8 Å². The maximum atomic E-state index is 11.3. The molecule has 0 saturated carbocycles. The van der Waals surface area contributed by atoms with Crippen molar-refractivity contribution in [3.8, 4) is 0 Å². The van der Waals surface area contributed by atoms with Crippen LogP contribution in [0.1, 0.15) is 19.8 Å². The van der Waals surface area contributed by atoms with Crippen molar-refractivity contribution in [2.75, 3.05) is 44.2 Å². The smallest absolute Gasteiger partial charge is 0.305 e. The molecule has 0 amide bonds. The lowest BCUT2D eigenvalue weighted by atomic mass is 10.2. The zero-order chi connectivity index (χ0) is 15.1. The molecule has 0 aromatic carbocycles. The molecule has 1 aromatic rings. The van der Waals surface area contributed by atoms with Gasteiger partial charge in [-0.3, -0.25) is 9.69 Å². The van der Waals surface area contributed by atoms with Gasteiger partial charge in [0.25, 0.3) is 0 Å². The Morgan fingerprint density at radius 2 is 2.10 bits per heavy atom. The van der Waals surface area contributed by atoms with E-state index >= 15 is 0 Å². The summed E-state index contributed by atoms with van der Waals surface area (Å²) in [7, 11) is 0. The third kappa shape index (κ3) is 5.28. The molecule has 1 aromatic heterocycles. The lowest BCUT2D eigenvalue weighted by Crippen LogP contribution is -2.47. The molecule has 0 aliphatic carbocycles. The van der Waals surface area contributed by atoms with Gasteiger partial charge in [-0.2, -0.15) is 0 Å². The molecule has 116 valence electrons. The van der Waals surface area contributed by atoms with Crippen LogP contribution in [0, 0.1) is 0 Å². The highest BCUT2D eigenvalue weighted by Crippen LogP contribution is 2.16. The number of hydrogen-bond acceptors (Lipinski definition) is 5. The summed E-state index contributed by atoms with van der Waals surface area (Å²) >= 11 is 3.40. The van der Waals surface area contributed by atoms with Crippen LogP contribution in [-0.4, -0.2) is 55.2 Å². The van der Waals surface area contributed by atoms with E-state index in [4.69, 9.17) is 4.74 Å². The maximum Gasteiger partial charge on any atom is 0.305 e. The van der Waals surface area contributed by atoms with Crippen molar-refractivity contribution in [1.82, 2.24) is 9.88 Å². The summed E-state index contributed by atoms with van der Waals surface area (Å²) in [4.78, 5) is 20.4. The second-order valence-electron chi connectivity index (χ2n) is 5.07. The van der Waals surface area contributed by atoms with E-state index < -0.39 is 0 Å². The molecule has 0 radical (unpaired) electrons. The van der Waals surface area contributed by atoms with Gasteiger partial charge in [-0.05, 0) is 48.0 Å². The number of pyridine rings is 1. The second kappa shape index (κ2) is 8.34. The number of aromatic nitrogens is 1. The first-order chi connectivity index (χ1) is 10.2. The predicted octanol–water partition coefficient (Wildman–Crippen LogP) is 2.31. The van der Waals surface area contributed by atoms with Crippen molar-refractivity contribution in [2.45, 2.75) is 19.8 Å². The monoisotopic (exact) mass is 355 g/mol. The normalized spacial score (nSPS) is 16.0. The molecule has 2 rings (SSSR count). The zero-order valence-electron chi connectivity index (χ0n) is 12.4. The van der Waals surface area contributed by atoms with Gasteiger partial charge >= 0.3 is 5.97 Å². The SMILES string of the molecule is CCOC(=O)CCCN1CCN(c2ccc(Br)cn2)CC1. The average Bonchev–Trinajstić information content (AvgIpc) is 2.49. The van der Waals surface area contributed by atoms with Crippen LogP contribution < -0.4 is 4.90 Å². The number of piperazine rings is 1. The first kappa shape index (κ1) is 16.2. The lowest BCUT2D eigenvalue weighted by molar-refractivity contribution is -0.143. The minimum absolute atomic E-state index is 0.0878. The number of carbonyl (C=O) groups is 1. The fourth-order valence-corrected chi connectivity index (χ4v) is 2.67. The largest absolute Gasteiger partial charge is 0.466 e. The van der Waals surface area contributed by atoms with Crippen LogP contribution in [0.4, 0.5) is 5.82 Å². The summed E-state index contributed by atoms with van der Waals surface area (Å²) in [5.74, 6) is 0.944. The summed E-state index contributed by atoms with van der Waals surface area (Å²) < 4.78 is 5.94. The molecule has 0 atom stereocenters. The van der Waals surface area contributed by atoms with Gasteiger partial charge in [-0.25, -0.2) is 4.98 Å². The van der Waals surface area contributed by atoms with E-state index in [1.165, 1.54) is 0 Å². The Bertz CT molecular complexity index is 445. The minimum atomic E-state index is -0.0878. The number of ether oxygens (including phenoxy) is 1. The van der Waals surface area contributed by atoms with Crippen molar-refractivity contribution in [1.29, 1.82) is 0 Å². The standard InChI is InChI=1S/C15H22BrN3O2/c1-2-21-15(20)4-3-7-18-8-10-19(11-9-18)14-6-5-13(16)12-17-14/h5-6,12H,2-4,7-11H2,1H3. The molecule has 5 nitrogen and oxygen atoms in total. The number of anilines is 1. The minimum Gasteiger partial charge on any atom is -0.466 e. The fraction of sp³-hybridized carbons (Fsp3) is 0.600. The van der Waals surface area contributed by atoms with Gasteiger partial charge in [-0.15, -0.1) is 0 Å². The Morgan fingerprint density at radius 3 is 2.71 bits per heavy atom. The highest BCUT2D eigenvalue weighted by Gasteiger charge is 2.17. The first-order valence-electron chi connectivity index (χ1n) is 7.43. The Balaban J connectivity index is 1.68. The fourth-order valence-electron chi connectivity index (χ4n) is 2.44. The third-order valence-corrected chi connectivity index (χ3v) is 4.04. The van der Waals surface area contributed by atoms with Gasteiger partial charge in [0, 0.05) is 43.3 Å². The van der Waals surface area contributed by atoms with E-state index in [1.807, 2.05) is 25.3 Å². The van der Waals surface area contributed by atoms with Gasteiger partial charge < -0.3 is 9.64 Å².